The van der Waals surface area contributed by atoms with E-state index in [1.54, 1.807) is 14.2 Å². The third kappa shape index (κ3) is 13.2. The van der Waals surface area contributed by atoms with E-state index >= 15 is 0 Å². The molecule has 0 saturated heterocycles. The minimum atomic E-state index is 0. The van der Waals surface area contributed by atoms with E-state index < -0.39 is 0 Å². The molecule has 210 valence electrons. The third-order valence-corrected chi connectivity index (χ3v) is 5.59. The van der Waals surface area contributed by atoms with E-state index in [1.165, 1.54) is 32.1 Å². The molecule has 0 bridgehead atoms. The summed E-state index contributed by atoms with van der Waals surface area (Å²) in [6, 6.07) is 3.88. The van der Waals surface area contributed by atoms with Gasteiger partial charge in [0.1, 0.15) is 5.82 Å². The summed E-state index contributed by atoms with van der Waals surface area (Å²) >= 11 is 0. The molecule has 0 saturated carbocycles. The second-order valence-electron chi connectivity index (χ2n) is 9.06. The average Bonchev–Trinajstić information content (AvgIpc) is 2.79. The molecule has 11 heteroatoms. The van der Waals surface area contributed by atoms with Crippen molar-refractivity contribution in [3.63, 3.8) is 0 Å². The summed E-state index contributed by atoms with van der Waals surface area (Å²) in [5.41, 5.74) is 0.839. The molecule has 0 aliphatic rings. The van der Waals surface area contributed by atoms with Crippen LogP contribution in [0.4, 0.5) is 11.8 Å². The van der Waals surface area contributed by atoms with E-state index in [4.69, 9.17) is 19.4 Å². The van der Waals surface area contributed by atoms with Crippen molar-refractivity contribution in [1.82, 2.24) is 19.8 Å². The minimum Gasteiger partial charge on any atom is -0.493 e. The topological polar surface area (TPSA) is 74.8 Å². The molecule has 36 heavy (non-hydrogen) atoms. The number of benzene rings is 1. The summed E-state index contributed by atoms with van der Waals surface area (Å²) < 4.78 is 11.0. The number of methoxy groups -OCH3 is 2. The number of anilines is 2. The van der Waals surface area contributed by atoms with Crippen LogP contribution in [0.5, 0.6) is 11.5 Å². The number of halogens is 3. The first-order chi connectivity index (χ1) is 15.9. The van der Waals surface area contributed by atoms with Crippen LogP contribution in [0.1, 0.15) is 44.9 Å². The summed E-state index contributed by atoms with van der Waals surface area (Å²) in [5.74, 6) is 2.84. The van der Waals surface area contributed by atoms with Crippen molar-refractivity contribution in [2.45, 2.75) is 44.9 Å². The number of hydrogen-bond acceptors (Lipinski definition) is 8. The summed E-state index contributed by atoms with van der Waals surface area (Å²) in [5, 5.41) is 7.89. The van der Waals surface area contributed by atoms with Crippen LogP contribution >= 0.6 is 37.2 Å². The molecule has 0 radical (unpaired) electrons. The first-order valence-electron chi connectivity index (χ1n) is 12.2. The molecule has 0 unspecified atom stereocenters. The highest BCUT2D eigenvalue weighted by Crippen LogP contribution is 2.34. The van der Waals surface area contributed by atoms with Gasteiger partial charge in [0.25, 0.3) is 0 Å². The van der Waals surface area contributed by atoms with Crippen molar-refractivity contribution in [3.8, 4) is 11.5 Å². The Morgan fingerprint density at radius 1 is 0.667 bits per heavy atom. The molecule has 0 aliphatic carbocycles. The minimum absolute atomic E-state index is 0. The van der Waals surface area contributed by atoms with Crippen LogP contribution in [0.15, 0.2) is 12.1 Å². The number of unbranched alkanes of at least 4 members (excludes halogenated alkanes) is 5. The number of hydrogen-bond donors (Lipinski definition) is 2. The zero-order valence-corrected chi connectivity index (χ0v) is 25.2. The van der Waals surface area contributed by atoms with Crippen molar-refractivity contribution in [2.24, 2.45) is 0 Å². The van der Waals surface area contributed by atoms with Crippen LogP contribution in [0.3, 0.4) is 0 Å². The lowest BCUT2D eigenvalue weighted by Crippen LogP contribution is -2.13. The fraction of sp³-hybridized carbons (Fsp3) is 0.680. The SMILES string of the molecule is COc1cc2nc(NCCCCCN(C)C)nc(NCCCCCCN(C)C)c2cc1OC.Cl.Cl.Cl. The fourth-order valence-corrected chi connectivity index (χ4v) is 3.71. The number of aromatic nitrogens is 2. The number of nitrogens with zero attached hydrogens (tertiary/aromatic N) is 4. The van der Waals surface area contributed by atoms with E-state index in [9.17, 15) is 0 Å². The normalized spacial score (nSPS) is 10.4. The quantitative estimate of drug-likeness (QED) is 0.239. The van der Waals surface area contributed by atoms with Crippen molar-refractivity contribution < 1.29 is 9.47 Å². The Morgan fingerprint density at radius 2 is 1.17 bits per heavy atom. The largest absolute Gasteiger partial charge is 0.493 e. The smallest absolute Gasteiger partial charge is 0.225 e. The van der Waals surface area contributed by atoms with E-state index in [2.05, 4.69) is 48.6 Å². The first-order valence-corrected chi connectivity index (χ1v) is 12.2. The van der Waals surface area contributed by atoms with Gasteiger partial charge in [0.15, 0.2) is 11.5 Å². The molecule has 1 aromatic carbocycles. The molecule has 0 aliphatic heterocycles. The Hall–Kier alpha value is -1.45. The Morgan fingerprint density at radius 3 is 1.72 bits per heavy atom. The van der Waals surface area contributed by atoms with Gasteiger partial charge in [-0.25, -0.2) is 4.98 Å². The lowest BCUT2D eigenvalue weighted by atomic mass is 10.1. The van der Waals surface area contributed by atoms with Gasteiger partial charge in [-0.15, -0.1) is 37.2 Å². The predicted octanol–water partition coefficient (Wildman–Crippen LogP) is 5.59. The molecular weight excluding hydrogens is 523 g/mol. The van der Waals surface area contributed by atoms with Crippen LogP contribution in [-0.2, 0) is 0 Å². The Bertz CT molecular complexity index is 843. The highest BCUT2D eigenvalue weighted by molar-refractivity contribution is 5.92. The highest BCUT2D eigenvalue weighted by atomic mass is 35.5. The van der Waals surface area contributed by atoms with Crippen LogP contribution < -0.4 is 20.1 Å². The molecule has 0 fully saturated rings. The van der Waals surface area contributed by atoms with Gasteiger partial charge in [0, 0.05) is 24.5 Å². The molecule has 2 aromatic rings. The van der Waals surface area contributed by atoms with Crippen molar-refractivity contribution in [1.29, 1.82) is 0 Å². The van der Waals surface area contributed by atoms with Gasteiger partial charge in [-0.2, -0.15) is 4.98 Å². The fourth-order valence-electron chi connectivity index (χ4n) is 3.71. The number of ether oxygens (including phenoxy) is 2. The molecule has 1 aromatic heterocycles. The first kappa shape index (κ1) is 36.7. The molecule has 0 spiro atoms. The Kier molecular flexibility index (Phi) is 21.0. The summed E-state index contributed by atoms with van der Waals surface area (Å²) in [6.07, 6.45) is 8.28. The van der Waals surface area contributed by atoms with Gasteiger partial charge in [-0.1, -0.05) is 19.3 Å². The monoisotopic (exact) mass is 568 g/mol. The van der Waals surface area contributed by atoms with E-state index in [0.717, 1.165) is 55.7 Å². The molecule has 8 nitrogen and oxygen atoms in total. The number of rotatable bonds is 17. The second-order valence-corrected chi connectivity index (χ2v) is 9.06. The van der Waals surface area contributed by atoms with Gasteiger partial charge < -0.3 is 29.9 Å². The van der Waals surface area contributed by atoms with E-state index in [0.29, 0.717) is 17.4 Å². The van der Waals surface area contributed by atoms with Gasteiger partial charge in [-0.05, 0) is 73.0 Å². The van der Waals surface area contributed by atoms with Crippen molar-refractivity contribution >= 4 is 59.9 Å². The van der Waals surface area contributed by atoms with Crippen LogP contribution in [-0.4, -0.2) is 88.4 Å². The average molecular weight is 570 g/mol. The maximum Gasteiger partial charge on any atom is 0.225 e. The van der Waals surface area contributed by atoms with Gasteiger partial charge in [0.05, 0.1) is 19.7 Å². The lowest BCUT2D eigenvalue weighted by Gasteiger charge is -2.15. The zero-order valence-electron chi connectivity index (χ0n) is 22.8. The summed E-state index contributed by atoms with van der Waals surface area (Å²) in [7, 11) is 11.8. The summed E-state index contributed by atoms with van der Waals surface area (Å²) in [6.45, 7) is 4.01. The van der Waals surface area contributed by atoms with Gasteiger partial charge >= 0.3 is 0 Å². The molecular formula is C25H47Cl3N6O2. The predicted molar refractivity (Wildman–Crippen MR) is 161 cm³/mol. The van der Waals surface area contributed by atoms with E-state index in [-0.39, 0.29) is 37.2 Å². The Balaban J connectivity index is 0. The molecule has 1 heterocycles. The third-order valence-electron chi connectivity index (χ3n) is 5.59. The van der Waals surface area contributed by atoms with Crippen LogP contribution in [0.25, 0.3) is 10.9 Å². The van der Waals surface area contributed by atoms with Crippen molar-refractivity contribution in [3.05, 3.63) is 12.1 Å². The van der Waals surface area contributed by atoms with Crippen molar-refractivity contribution in [2.75, 3.05) is 79.2 Å². The number of nitrogens with one attached hydrogen (secondary N) is 2. The lowest BCUT2D eigenvalue weighted by molar-refractivity contribution is 0.356. The Labute approximate surface area is 236 Å². The maximum atomic E-state index is 5.51. The maximum absolute atomic E-state index is 5.51. The highest BCUT2D eigenvalue weighted by Gasteiger charge is 2.13. The molecule has 2 N–H and O–H groups in total. The van der Waals surface area contributed by atoms with Gasteiger partial charge in [-0.3, -0.25) is 0 Å². The standard InChI is InChI=1S/C25H44N6O2.3ClH/c1-30(2)16-12-8-7-10-14-26-24-20-18-22(32-5)23(33-6)19-21(20)28-25(29-24)27-15-11-9-13-17-31(3)4;;;/h18-19H,7-17H2,1-6H3,(H2,26,27,28,29);3*1H. The summed E-state index contributed by atoms with van der Waals surface area (Å²) in [4.78, 5) is 14.0. The molecule has 0 amide bonds. The second kappa shape index (κ2) is 20.6. The van der Waals surface area contributed by atoms with Crippen LogP contribution in [0.2, 0.25) is 0 Å². The number of fused-ring (bicyclic) bond motifs is 1. The zero-order chi connectivity index (χ0) is 24.1. The van der Waals surface area contributed by atoms with E-state index in [1.807, 2.05) is 12.1 Å². The van der Waals surface area contributed by atoms with Crippen LogP contribution in [0, 0.1) is 0 Å². The van der Waals surface area contributed by atoms with Gasteiger partial charge in [0.2, 0.25) is 5.95 Å². The molecule has 0 atom stereocenters. The molecule has 2 rings (SSSR count).